The third-order valence-electron chi connectivity index (χ3n) is 5.59. The molecule has 3 aromatic rings. The van der Waals surface area contributed by atoms with Crippen LogP contribution in [-0.4, -0.2) is 47.6 Å². The molecule has 0 unspecified atom stereocenters. The Bertz CT molecular complexity index is 986. The van der Waals surface area contributed by atoms with E-state index in [-0.39, 0.29) is 5.91 Å². The predicted molar refractivity (Wildman–Crippen MR) is 109 cm³/mol. The summed E-state index contributed by atoms with van der Waals surface area (Å²) in [5.74, 6) is 0.668. The molecule has 1 saturated heterocycles. The normalized spacial score (nSPS) is 15.3. The van der Waals surface area contributed by atoms with Gasteiger partial charge in [-0.25, -0.2) is 4.98 Å². The van der Waals surface area contributed by atoms with Crippen LogP contribution >= 0.6 is 0 Å². The van der Waals surface area contributed by atoms with E-state index in [1.807, 2.05) is 56.1 Å². The van der Waals surface area contributed by atoms with Crippen LogP contribution in [0.25, 0.3) is 22.4 Å². The summed E-state index contributed by atoms with van der Waals surface area (Å²) in [6.07, 6.45) is 2.04. The van der Waals surface area contributed by atoms with Gasteiger partial charge in [-0.1, -0.05) is 35.0 Å². The molecule has 0 saturated carbocycles. The number of hydrogen-bond acceptors (Lipinski definition) is 5. The number of benzene rings is 1. The maximum absolute atomic E-state index is 13.4. The van der Waals surface area contributed by atoms with E-state index in [1.54, 1.807) is 0 Å². The second-order valence-corrected chi connectivity index (χ2v) is 7.66. The molecular formula is C22H26N4O2. The number of nitrogens with one attached hydrogen (secondary N) is 1. The van der Waals surface area contributed by atoms with Crippen LogP contribution in [0.2, 0.25) is 0 Å². The summed E-state index contributed by atoms with van der Waals surface area (Å²) in [6.45, 7) is 6.46. The first-order valence-electron chi connectivity index (χ1n) is 9.84. The van der Waals surface area contributed by atoms with Gasteiger partial charge in [-0.3, -0.25) is 4.79 Å². The number of carbonyl (C=O) groups excluding carboxylic acids is 1. The van der Waals surface area contributed by atoms with E-state index in [4.69, 9.17) is 4.52 Å². The summed E-state index contributed by atoms with van der Waals surface area (Å²) in [4.78, 5) is 19.9. The average molecular weight is 378 g/mol. The average Bonchev–Trinajstić information content (AvgIpc) is 3.09. The standard InChI is InChI=1S/C22H26N4O2/c1-14-4-6-17(7-5-14)19-12-18(20-15(2)25-28-21(20)24-19)22(27)26-10-8-16(9-11-26)13-23-3/h4-7,12,16,23H,8-11,13H2,1-3H3. The zero-order chi connectivity index (χ0) is 19.7. The van der Waals surface area contributed by atoms with Crippen LogP contribution in [0.3, 0.4) is 0 Å². The number of piperidine rings is 1. The number of pyridine rings is 1. The molecule has 0 radical (unpaired) electrons. The number of carbonyl (C=O) groups is 1. The summed E-state index contributed by atoms with van der Waals surface area (Å²) in [5, 5.41) is 8.01. The highest BCUT2D eigenvalue weighted by atomic mass is 16.5. The fourth-order valence-electron chi connectivity index (χ4n) is 3.93. The van der Waals surface area contributed by atoms with Crippen molar-refractivity contribution in [2.75, 3.05) is 26.7 Å². The highest BCUT2D eigenvalue weighted by molar-refractivity contribution is 6.07. The molecular weight excluding hydrogens is 352 g/mol. The van der Waals surface area contributed by atoms with Crippen molar-refractivity contribution in [2.24, 2.45) is 5.92 Å². The lowest BCUT2D eigenvalue weighted by molar-refractivity contribution is 0.0693. The summed E-state index contributed by atoms with van der Waals surface area (Å²) in [5.41, 5.74) is 4.63. The molecule has 4 rings (SSSR count). The zero-order valence-corrected chi connectivity index (χ0v) is 16.7. The molecule has 1 amide bonds. The van der Waals surface area contributed by atoms with E-state index < -0.39 is 0 Å². The maximum Gasteiger partial charge on any atom is 0.259 e. The Morgan fingerprint density at radius 1 is 1.21 bits per heavy atom. The van der Waals surface area contributed by atoms with Gasteiger partial charge in [-0.05, 0) is 52.3 Å². The van der Waals surface area contributed by atoms with E-state index >= 15 is 0 Å². The maximum atomic E-state index is 13.4. The van der Waals surface area contributed by atoms with Crippen molar-refractivity contribution in [2.45, 2.75) is 26.7 Å². The van der Waals surface area contributed by atoms with Crippen molar-refractivity contribution in [1.29, 1.82) is 0 Å². The highest BCUT2D eigenvalue weighted by Gasteiger charge is 2.27. The van der Waals surface area contributed by atoms with Gasteiger partial charge in [0.15, 0.2) is 0 Å². The van der Waals surface area contributed by atoms with Gasteiger partial charge < -0.3 is 14.7 Å². The monoisotopic (exact) mass is 378 g/mol. The Morgan fingerprint density at radius 2 is 1.93 bits per heavy atom. The van der Waals surface area contributed by atoms with Gasteiger partial charge in [0.1, 0.15) is 0 Å². The zero-order valence-electron chi connectivity index (χ0n) is 16.7. The number of nitrogens with zero attached hydrogens (tertiary/aromatic N) is 3. The molecule has 0 atom stereocenters. The second kappa shape index (κ2) is 7.72. The minimum absolute atomic E-state index is 0.0370. The lowest BCUT2D eigenvalue weighted by atomic mass is 9.96. The third kappa shape index (κ3) is 3.52. The van der Waals surface area contributed by atoms with Gasteiger partial charge in [-0.2, -0.15) is 0 Å². The van der Waals surface area contributed by atoms with Crippen molar-refractivity contribution < 1.29 is 9.32 Å². The molecule has 1 aliphatic rings. The Labute approximate surface area is 164 Å². The van der Waals surface area contributed by atoms with Gasteiger partial charge in [-0.15, -0.1) is 0 Å². The van der Waals surface area contributed by atoms with Crippen molar-refractivity contribution in [3.63, 3.8) is 0 Å². The minimum atomic E-state index is 0.0370. The largest absolute Gasteiger partial charge is 0.339 e. The van der Waals surface area contributed by atoms with Crippen LogP contribution in [0.15, 0.2) is 34.9 Å². The minimum Gasteiger partial charge on any atom is -0.339 e. The van der Waals surface area contributed by atoms with Gasteiger partial charge >= 0.3 is 0 Å². The summed E-state index contributed by atoms with van der Waals surface area (Å²) >= 11 is 0. The first-order valence-corrected chi connectivity index (χ1v) is 9.84. The predicted octanol–water partition coefficient (Wildman–Crippen LogP) is 3.58. The van der Waals surface area contributed by atoms with Gasteiger partial charge in [0.2, 0.25) is 0 Å². The number of aromatic nitrogens is 2. The quantitative estimate of drug-likeness (QED) is 0.751. The highest BCUT2D eigenvalue weighted by Crippen LogP contribution is 2.29. The van der Waals surface area contributed by atoms with Gasteiger partial charge in [0.05, 0.1) is 22.3 Å². The molecule has 0 bridgehead atoms. The molecule has 2 aromatic heterocycles. The van der Waals surface area contributed by atoms with Crippen LogP contribution in [0.5, 0.6) is 0 Å². The lowest BCUT2D eigenvalue weighted by Gasteiger charge is -2.32. The van der Waals surface area contributed by atoms with Crippen LogP contribution < -0.4 is 5.32 Å². The molecule has 1 N–H and O–H groups in total. The fourth-order valence-corrected chi connectivity index (χ4v) is 3.93. The van der Waals surface area contributed by atoms with Crippen molar-refractivity contribution in [3.8, 4) is 11.3 Å². The SMILES string of the molecule is CNCC1CCN(C(=O)c2cc(-c3ccc(C)cc3)nc3onc(C)c23)CC1. The van der Waals surface area contributed by atoms with E-state index in [9.17, 15) is 4.79 Å². The number of rotatable bonds is 4. The number of likely N-dealkylation sites (tertiary alicyclic amines) is 1. The summed E-state index contributed by atoms with van der Waals surface area (Å²) < 4.78 is 5.42. The molecule has 3 heterocycles. The van der Waals surface area contributed by atoms with E-state index in [1.165, 1.54) is 5.56 Å². The third-order valence-corrected chi connectivity index (χ3v) is 5.59. The fraction of sp³-hybridized carbons (Fsp3) is 0.409. The molecule has 0 aliphatic carbocycles. The van der Waals surface area contributed by atoms with Crippen LogP contribution in [-0.2, 0) is 0 Å². The lowest BCUT2D eigenvalue weighted by Crippen LogP contribution is -2.40. The van der Waals surface area contributed by atoms with Crippen molar-refractivity contribution in [3.05, 3.63) is 47.2 Å². The number of amides is 1. The first-order chi connectivity index (χ1) is 13.6. The number of fused-ring (bicyclic) bond motifs is 1. The molecule has 6 nitrogen and oxygen atoms in total. The first kappa shape index (κ1) is 18.6. The number of hydrogen-bond donors (Lipinski definition) is 1. The Morgan fingerprint density at radius 3 is 2.61 bits per heavy atom. The van der Waals surface area contributed by atoms with Crippen molar-refractivity contribution in [1.82, 2.24) is 20.4 Å². The Balaban J connectivity index is 1.70. The molecule has 1 fully saturated rings. The Kier molecular flexibility index (Phi) is 5.13. The molecule has 28 heavy (non-hydrogen) atoms. The second-order valence-electron chi connectivity index (χ2n) is 7.66. The molecule has 0 spiro atoms. The van der Waals surface area contributed by atoms with E-state index in [0.29, 0.717) is 22.9 Å². The van der Waals surface area contributed by atoms with E-state index in [2.05, 4.69) is 15.5 Å². The van der Waals surface area contributed by atoms with Gasteiger partial charge in [0, 0.05) is 18.7 Å². The van der Waals surface area contributed by atoms with E-state index in [0.717, 1.165) is 49.1 Å². The van der Waals surface area contributed by atoms with Crippen LogP contribution in [0.1, 0.15) is 34.5 Å². The number of aryl methyl sites for hydroxylation is 2. The van der Waals surface area contributed by atoms with Gasteiger partial charge in [0.25, 0.3) is 11.6 Å². The Hall–Kier alpha value is -2.73. The molecule has 1 aliphatic heterocycles. The molecule has 1 aromatic carbocycles. The van der Waals surface area contributed by atoms with Crippen LogP contribution in [0, 0.1) is 19.8 Å². The molecule has 6 heteroatoms. The smallest absolute Gasteiger partial charge is 0.259 e. The topological polar surface area (TPSA) is 71.3 Å². The summed E-state index contributed by atoms with van der Waals surface area (Å²) in [7, 11) is 1.98. The van der Waals surface area contributed by atoms with Crippen LogP contribution in [0.4, 0.5) is 0 Å². The summed E-state index contributed by atoms with van der Waals surface area (Å²) in [6, 6.07) is 10.0. The van der Waals surface area contributed by atoms with Crippen molar-refractivity contribution >= 4 is 17.0 Å². The molecule has 146 valence electrons.